The van der Waals surface area contributed by atoms with Gasteiger partial charge in [0, 0.05) is 6.92 Å². The molecule has 0 saturated heterocycles. The average molecular weight is 252 g/mol. The number of carbonyl (C=O) groups is 1. The summed E-state index contributed by atoms with van der Waals surface area (Å²) >= 11 is 0. The van der Waals surface area contributed by atoms with Gasteiger partial charge in [-0.05, 0) is 24.3 Å². The van der Waals surface area contributed by atoms with E-state index in [2.05, 4.69) is 4.74 Å². The summed E-state index contributed by atoms with van der Waals surface area (Å²) in [4.78, 5) is 10.5. The number of rotatable bonds is 3. The maximum Gasteiger partial charge on any atom is 0.459 e. The van der Waals surface area contributed by atoms with E-state index in [1.807, 2.05) is 0 Å². The molecule has 0 radical (unpaired) electrons. The van der Waals surface area contributed by atoms with Gasteiger partial charge in [0.25, 0.3) is 0 Å². The Labute approximate surface area is 93.6 Å². The van der Waals surface area contributed by atoms with E-state index in [1.54, 1.807) is 0 Å². The van der Waals surface area contributed by atoms with Crippen LogP contribution < -0.4 is 4.74 Å². The monoisotopic (exact) mass is 252 g/mol. The van der Waals surface area contributed by atoms with Crippen molar-refractivity contribution < 1.29 is 32.2 Å². The molecule has 1 atom stereocenters. The Kier molecular flexibility index (Phi) is 3.30. The molecule has 1 unspecified atom stereocenters. The van der Waals surface area contributed by atoms with Crippen molar-refractivity contribution in [3.05, 3.63) is 29.8 Å². The molecule has 7 heteroatoms. The van der Waals surface area contributed by atoms with Crippen molar-refractivity contribution in [2.75, 3.05) is 0 Å². The first kappa shape index (κ1) is 13.3. The largest absolute Gasteiger partial charge is 0.478 e. The lowest BCUT2D eigenvalue weighted by molar-refractivity contribution is -0.293. The highest BCUT2D eigenvalue weighted by atomic mass is 19.4. The van der Waals surface area contributed by atoms with Gasteiger partial charge < -0.3 is 9.84 Å². The molecule has 0 aliphatic rings. The molecule has 94 valence electrons. The molecule has 0 aliphatic heterocycles. The molecule has 0 amide bonds. The van der Waals surface area contributed by atoms with Crippen molar-refractivity contribution in [2.45, 2.75) is 19.0 Å². The molecule has 0 aromatic heterocycles. The Balaban J connectivity index is 2.86. The maximum atomic E-state index is 13.1. The molecule has 0 saturated carbocycles. The summed E-state index contributed by atoms with van der Waals surface area (Å²) in [7, 11) is 0. The second-order valence-corrected chi connectivity index (χ2v) is 3.35. The fraction of sp³-hybridized carbons (Fsp3) is 0.300. The third-order valence-electron chi connectivity index (χ3n) is 1.92. The van der Waals surface area contributed by atoms with Gasteiger partial charge in [0.2, 0.25) is 0 Å². The zero-order valence-electron chi connectivity index (χ0n) is 8.58. The summed E-state index contributed by atoms with van der Waals surface area (Å²) in [6.07, 6.45) is -5.17. The maximum absolute atomic E-state index is 13.1. The molecule has 1 aromatic carbocycles. The molecule has 17 heavy (non-hydrogen) atoms. The Morgan fingerprint density at radius 2 is 1.65 bits per heavy atom. The standard InChI is InChI=1S/C10H8F4O3/c1-9(11,10(12,13)14)17-7-4-2-6(3-5-7)8(15)16/h2-5H,1H3,(H,15,16). The van der Waals surface area contributed by atoms with E-state index >= 15 is 0 Å². The Bertz CT molecular complexity index is 409. The number of aromatic carboxylic acids is 1. The van der Waals surface area contributed by atoms with Crippen molar-refractivity contribution in [3.8, 4) is 5.75 Å². The van der Waals surface area contributed by atoms with Crippen molar-refractivity contribution >= 4 is 5.97 Å². The molecular formula is C10H8F4O3. The normalized spacial score (nSPS) is 15.1. The lowest BCUT2D eigenvalue weighted by atomic mass is 10.2. The second-order valence-electron chi connectivity index (χ2n) is 3.35. The predicted molar refractivity (Wildman–Crippen MR) is 49.6 cm³/mol. The smallest absolute Gasteiger partial charge is 0.459 e. The van der Waals surface area contributed by atoms with Crippen LogP contribution in [0, 0.1) is 0 Å². The van der Waals surface area contributed by atoms with Crippen LogP contribution in [0.5, 0.6) is 5.75 Å². The first-order valence-electron chi connectivity index (χ1n) is 4.41. The number of carboxylic acid groups (broad SMARTS) is 1. The minimum Gasteiger partial charge on any atom is -0.478 e. The van der Waals surface area contributed by atoms with Crippen LogP contribution in [0.15, 0.2) is 24.3 Å². The van der Waals surface area contributed by atoms with E-state index in [0.29, 0.717) is 0 Å². The number of halogens is 4. The fourth-order valence-electron chi connectivity index (χ4n) is 0.945. The van der Waals surface area contributed by atoms with Crippen molar-refractivity contribution in [1.82, 2.24) is 0 Å². The van der Waals surface area contributed by atoms with E-state index < -0.39 is 23.7 Å². The summed E-state index contributed by atoms with van der Waals surface area (Å²) in [5.41, 5.74) is -0.134. The highest BCUT2D eigenvalue weighted by Gasteiger charge is 2.55. The van der Waals surface area contributed by atoms with Crippen LogP contribution in [0.3, 0.4) is 0 Å². The molecule has 0 bridgehead atoms. The van der Waals surface area contributed by atoms with E-state index in [4.69, 9.17) is 5.11 Å². The second kappa shape index (κ2) is 4.23. The molecule has 1 aromatic rings. The van der Waals surface area contributed by atoms with Crippen LogP contribution in [-0.4, -0.2) is 23.1 Å². The Morgan fingerprint density at radius 1 is 1.18 bits per heavy atom. The van der Waals surface area contributed by atoms with Crippen LogP contribution in [0.1, 0.15) is 17.3 Å². The molecule has 0 heterocycles. The van der Waals surface area contributed by atoms with Gasteiger partial charge in [-0.3, -0.25) is 0 Å². The molecule has 1 rings (SSSR count). The first-order valence-corrected chi connectivity index (χ1v) is 4.41. The molecule has 1 N–H and O–H groups in total. The van der Waals surface area contributed by atoms with Gasteiger partial charge in [0.15, 0.2) is 0 Å². The lowest BCUT2D eigenvalue weighted by Gasteiger charge is -2.24. The average Bonchev–Trinajstić information content (AvgIpc) is 2.16. The molecule has 0 aliphatic carbocycles. The Morgan fingerprint density at radius 3 is 2.00 bits per heavy atom. The number of hydrogen-bond acceptors (Lipinski definition) is 2. The zero-order chi connectivity index (χ0) is 13.3. The summed E-state index contributed by atoms with van der Waals surface area (Å²) < 4.78 is 53.6. The number of hydrogen-bond donors (Lipinski definition) is 1. The number of benzene rings is 1. The number of carboxylic acids is 1. The van der Waals surface area contributed by atoms with E-state index in [0.717, 1.165) is 24.3 Å². The number of alkyl halides is 4. The van der Waals surface area contributed by atoms with Gasteiger partial charge in [-0.15, -0.1) is 0 Å². The van der Waals surface area contributed by atoms with Gasteiger partial charge >= 0.3 is 18.0 Å². The first-order chi connectivity index (χ1) is 7.63. The third-order valence-corrected chi connectivity index (χ3v) is 1.92. The van der Waals surface area contributed by atoms with Gasteiger partial charge in [-0.2, -0.15) is 17.6 Å². The quantitative estimate of drug-likeness (QED) is 0.841. The van der Waals surface area contributed by atoms with E-state index in [-0.39, 0.29) is 12.5 Å². The van der Waals surface area contributed by atoms with Crippen LogP contribution >= 0.6 is 0 Å². The lowest BCUT2D eigenvalue weighted by Crippen LogP contribution is -2.43. The third kappa shape index (κ3) is 3.08. The highest BCUT2D eigenvalue weighted by molar-refractivity contribution is 5.87. The van der Waals surface area contributed by atoms with Gasteiger partial charge in [-0.1, -0.05) is 0 Å². The predicted octanol–water partition coefficient (Wildman–Crippen LogP) is 3.01. The van der Waals surface area contributed by atoms with Gasteiger partial charge in [0.1, 0.15) is 5.75 Å². The van der Waals surface area contributed by atoms with Gasteiger partial charge in [-0.25, -0.2) is 4.79 Å². The summed E-state index contributed by atoms with van der Waals surface area (Å²) in [6, 6.07) is 3.94. The Hall–Kier alpha value is -1.79. The van der Waals surface area contributed by atoms with Crippen molar-refractivity contribution in [1.29, 1.82) is 0 Å². The van der Waals surface area contributed by atoms with Crippen LogP contribution in [0.2, 0.25) is 0 Å². The minimum atomic E-state index is -5.17. The minimum absolute atomic E-state index is 0.134. The zero-order valence-corrected chi connectivity index (χ0v) is 8.58. The topological polar surface area (TPSA) is 46.5 Å². The molecular weight excluding hydrogens is 244 g/mol. The number of ether oxygens (including phenoxy) is 1. The van der Waals surface area contributed by atoms with Crippen molar-refractivity contribution in [3.63, 3.8) is 0 Å². The van der Waals surface area contributed by atoms with Crippen molar-refractivity contribution in [2.24, 2.45) is 0 Å². The SMILES string of the molecule is CC(F)(Oc1ccc(C(=O)O)cc1)C(F)(F)F. The molecule has 3 nitrogen and oxygen atoms in total. The van der Waals surface area contributed by atoms with Crippen LogP contribution in [0.25, 0.3) is 0 Å². The summed E-state index contributed by atoms with van der Waals surface area (Å²) in [6.45, 7) is 0.234. The summed E-state index contributed by atoms with van der Waals surface area (Å²) in [5, 5.41) is 8.54. The van der Waals surface area contributed by atoms with E-state index in [1.165, 1.54) is 0 Å². The van der Waals surface area contributed by atoms with Crippen LogP contribution in [-0.2, 0) is 0 Å². The molecule has 0 fully saturated rings. The summed E-state index contributed by atoms with van der Waals surface area (Å²) in [5.74, 6) is -5.47. The highest BCUT2D eigenvalue weighted by Crippen LogP contribution is 2.35. The van der Waals surface area contributed by atoms with Gasteiger partial charge in [0.05, 0.1) is 5.56 Å². The van der Waals surface area contributed by atoms with E-state index in [9.17, 15) is 22.4 Å². The van der Waals surface area contributed by atoms with Crippen LogP contribution in [0.4, 0.5) is 17.6 Å². The molecule has 0 spiro atoms. The fourth-order valence-corrected chi connectivity index (χ4v) is 0.945.